The third-order valence-corrected chi connectivity index (χ3v) is 3.77. The fourth-order valence-corrected chi connectivity index (χ4v) is 2.68. The van der Waals surface area contributed by atoms with Crippen molar-refractivity contribution in [1.29, 1.82) is 0 Å². The van der Waals surface area contributed by atoms with Crippen molar-refractivity contribution in [3.8, 4) is 0 Å². The van der Waals surface area contributed by atoms with Crippen molar-refractivity contribution in [1.82, 2.24) is 14.9 Å². The molecule has 1 heterocycles. The van der Waals surface area contributed by atoms with Crippen molar-refractivity contribution in [3.63, 3.8) is 0 Å². The lowest BCUT2D eigenvalue weighted by Crippen LogP contribution is -2.25. The molecule has 1 aromatic carbocycles. The van der Waals surface area contributed by atoms with Gasteiger partial charge in [-0.05, 0) is 31.0 Å². The summed E-state index contributed by atoms with van der Waals surface area (Å²) in [6.45, 7) is 5.31. The number of benzene rings is 1. The third kappa shape index (κ3) is 2.77. The fraction of sp³-hybridized carbons (Fsp3) is 0.533. The first kappa shape index (κ1) is 12.9. The molecule has 0 spiro atoms. The van der Waals surface area contributed by atoms with E-state index in [-0.39, 0.29) is 0 Å². The van der Waals surface area contributed by atoms with E-state index in [1.807, 2.05) is 12.1 Å². The number of hydrogen-bond acceptors (Lipinski definition) is 2. The highest BCUT2D eigenvalue weighted by Gasteiger charge is 2.27. The summed E-state index contributed by atoms with van der Waals surface area (Å²) in [5, 5.41) is 4.22. The van der Waals surface area contributed by atoms with E-state index >= 15 is 0 Å². The SMILES string of the molecule is CC(C)NCCc1nc2cc(Cl)ccc2n1C1CC1. The number of imidazole rings is 1. The Morgan fingerprint density at radius 2 is 2.21 bits per heavy atom. The maximum atomic E-state index is 6.06. The van der Waals surface area contributed by atoms with Crippen molar-refractivity contribution in [2.45, 2.75) is 45.2 Å². The monoisotopic (exact) mass is 277 g/mol. The number of hydrogen-bond donors (Lipinski definition) is 1. The smallest absolute Gasteiger partial charge is 0.111 e. The number of nitrogens with zero attached hydrogens (tertiary/aromatic N) is 2. The van der Waals surface area contributed by atoms with Crippen LogP contribution in [0.25, 0.3) is 11.0 Å². The zero-order valence-electron chi connectivity index (χ0n) is 11.5. The molecule has 4 heteroatoms. The number of fused-ring (bicyclic) bond motifs is 1. The molecule has 0 saturated heterocycles. The number of halogens is 1. The molecule has 0 atom stereocenters. The molecule has 1 aliphatic rings. The van der Waals surface area contributed by atoms with Gasteiger partial charge in [-0.3, -0.25) is 0 Å². The van der Waals surface area contributed by atoms with E-state index in [1.165, 1.54) is 24.2 Å². The van der Waals surface area contributed by atoms with Crippen LogP contribution in [-0.4, -0.2) is 22.1 Å². The summed E-state index contributed by atoms with van der Waals surface area (Å²) >= 11 is 6.06. The van der Waals surface area contributed by atoms with E-state index in [0.717, 1.165) is 23.5 Å². The van der Waals surface area contributed by atoms with Gasteiger partial charge in [-0.15, -0.1) is 0 Å². The van der Waals surface area contributed by atoms with Crippen LogP contribution in [0.15, 0.2) is 18.2 Å². The van der Waals surface area contributed by atoms with Crippen LogP contribution in [0, 0.1) is 0 Å². The molecule has 0 aliphatic heterocycles. The van der Waals surface area contributed by atoms with Crippen LogP contribution in [0.1, 0.15) is 38.6 Å². The Morgan fingerprint density at radius 1 is 1.42 bits per heavy atom. The Bertz CT molecular complexity index is 584. The lowest BCUT2D eigenvalue weighted by molar-refractivity contribution is 0.571. The Balaban J connectivity index is 1.91. The van der Waals surface area contributed by atoms with Crippen LogP contribution in [0.4, 0.5) is 0 Å². The highest BCUT2D eigenvalue weighted by molar-refractivity contribution is 6.31. The van der Waals surface area contributed by atoms with Gasteiger partial charge in [0.1, 0.15) is 5.82 Å². The summed E-state index contributed by atoms with van der Waals surface area (Å²) in [5.74, 6) is 1.19. The molecular formula is C15H20ClN3. The molecule has 1 aromatic heterocycles. The molecule has 19 heavy (non-hydrogen) atoms. The number of aromatic nitrogens is 2. The van der Waals surface area contributed by atoms with Crippen LogP contribution >= 0.6 is 11.6 Å². The zero-order valence-corrected chi connectivity index (χ0v) is 12.2. The summed E-state index contributed by atoms with van der Waals surface area (Å²) in [7, 11) is 0. The fourth-order valence-electron chi connectivity index (χ4n) is 2.51. The summed E-state index contributed by atoms with van der Waals surface area (Å²) in [5.41, 5.74) is 2.25. The van der Waals surface area contributed by atoms with Crippen molar-refractivity contribution < 1.29 is 0 Å². The van der Waals surface area contributed by atoms with Crippen LogP contribution in [0.3, 0.4) is 0 Å². The van der Waals surface area contributed by atoms with Crippen molar-refractivity contribution in [2.24, 2.45) is 0 Å². The molecule has 1 N–H and O–H groups in total. The van der Waals surface area contributed by atoms with Gasteiger partial charge in [-0.1, -0.05) is 25.4 Å². The van der Waals surface area contributed by atoms with Gasteiger partial charge in [0.2, 0.25) is 0 Å². The standard InChI is InChI=1S/C15H20ClN3/c1-10(2)17-8-7-15-18-13-9-11(16)3-6-14(13)19(15)12-4-5-12/h3,6,9-10,12,17H,4-5,7-8H2,1-2H3. The highest BCUT2D eigenvalue weighted by Crippen LogP contribution is 2.39. The van der Waals surface area contributed by atoms with Gasteiger partial charge < -0.3 is 9.88 Å². The summed E-state index contributed by atoms with van der Waals surface area (Å²) < 4.78 is 2.41. The van der Waals surface area contributed by atoms with Crippen LogP contribution in [0.5, 0.6) is 0 Å². The van der Waals surface area contributed by atoms with Gasteiger partial charge >= 0.3 is 0 Å². The van der Waals surface area contributed by atoms with Gasteiger partial charge in [-0.25, -0.2) is 4.98 Å². The molecule has 0 amide bonds. The Labute approximate surface area is 119 Å². The number of rotatable bonds is 5. The second-order valence-corrected chi connectivity index (χ2v) is 6.06. The van der Waals surface area contributed by atoms with Gasteiger partial charge in [0, 0.05) is 30.1 Å². The lowest BCUT2D eigenvalue weighted by atomic mass is 10.3. The maximum Gasteiger partial charge on any atom is 0.111 e. The normalized spacial score (nSPS) is 15.6. The molecule has 1 saturated carbocycles. The Hall–Kier alpha value is -1.06. The first-order chi connectivity index (χ1) is 9.15. The van der Waals surface area contributed by atoms with Crippen LogP contribution in [-0.2, 0) is 6.42 Å². The van der Waals surface area contributed by atoms with Gasteiger partial charge in [0.15, 0.2) is 0 Å². The molecular weight excluding hydrogens is 258 g/mol. The van der Waals surface area contributed by atoms with Crippen molar-refractivity contribution in [2.75, 3.05) is 6.54 Å². The Kier molecular flexibility index (Phi) is 3.50. The van der Waals surface area contributed by atoms with E-state index in [1.54, 1.807) is 0 Å². The highest BCUT2D eigenvalue weighted by atomic mass is 35.5. The van der Waals surface area contributed by atoms with E-state index in [4.69, 9.17) is 16.6 Å². The average molecular weight is 278 g/mol. The van der Waals surface area contributed by atoms with Crippen LogP contribution in [0.2, 0.25) is 5.02 Å². The van der Waals surface area contributed by atoms with E-state index in [2.05, 4.69) is 29.8 Å². The predicted molar refractivity (Wildman–Crippen MR) is 79.9 cm³/mol. The zero-order chi connectivity index (χ0) is 13.4. The molecule has 2 aromatic rings. The Morgan fingerprint density at radius 3 is 2.89 bits per heavy atom. The number of nitrogens with one attached hydrogen (secondary N) is 1. The quantitative estimate of drug-likeness (QED) is 0.906. The van der Waals surface area contributed by atoms with Crippen LogP contribution < -0.4 is 5.32 Å². The predicted octanol–water partition coefficient (Wildman–Crippen LogP) is 3.57. The molecule has 3 rings (SSSR count). The van der Waals surface area contributed by atoms with E-state index in [9.17, 15) is 0 Å². The first-order valence-electron chi connectivity index (χ1n) is 7.05. The van der Waals surface area contributed by atoms with Crippen molar-refractivity contribution >= 4 is 22.6 Å². The lowest BCUT2D eigenvalue weighted by Gasteiger charge is -2.10. The summed E-state index contributed by atoms with van der Waals surface area (Å²) in [6, 6.07) is 7.20. The average Bonchev–Trinajstić information content (AvgIpc) is 3.11. The second-order valence-electron chi connectivity index (χ2n) is 5.62. The molecule has 102 valence electrons. The topological polar surface area (TPSA) is 29.9 Å². The van der Waals surface area contributed by atoms with Crippen molar-refractivity contribution in [3.05, 3.63) is 29.0 Å². The van der Waals surface area contributed by atoms with E-state index in [0.29, 0.717) is 12.1 Å². The summed E-state index contributed by atoms with van der Waals surface area (Å²) in [4.78, 5) is 4.77. The summed E-state index contributed by atoms with van der Waals surface area (Å²) in [6.07, 6.45) is 3.53. The third-order valence-electron chi connectivity index (χ3n) is 3.54. The molecule has 0 radical (unpaired) electrons. The van der Waals surface area contributed by atoms with E-state index < -0.39 is 0 Å². The minimum atomic E-state index is 0.521. The molecule has 0 bridgehead atoms. The maximum absolute atomic E-state index is 6.06. The minimum Gasteiger partial charge on any atom is -0.325 e. The largest absolute Gasteiger partial charge is 0.325 e. The minimum absolute atomic E-state index is 0.521. The van der Waals surface area contributed by atoms with Gasteiger partial charge in [-0.2, -0.15) is 0 Å². The molecule has 1 fully saturated rings. The molecule has 3 nitrogen and oxygen atoms in total. The van der Waals surface area contributed by atoms with Gasteiger partial charge in [0.25, 0.3) is 0 Å². The first-order valence-corrected chi connectivity index (χ1v) is 7.42. The molecule has 1 aliphatic carbocycles. The van der Waals surface area contributed by atoms with Gasteiger partial charge in [0.05, 0.1) is 11.0 Å². The second kappa shape index (κ2) is 5.14. The molecule has 0 unspecified atom stereocenters.